The van der Waals surface area contributed by atoms with E-state index in [4.69, 9.17) is 265 Å². The number of ether oxygens (including phenoxy) is 2. The summed E-state index contributed by atoms with van der Waals surface area (Å²) in [6, 6.07) is 26.2. The second-order valence-corrected chi connectivity index (χ2v) is 28.2. The molecule has 7 rings (SSSR count). The molecule has 0 amide bonds. The Morgan fingerprint density at radius 2 is 0.767 bits per heavy atom. The van der Waals surface area contributed by atoms with E-state index in [0.717, 1.165) is 30.5 Å². The maximum atomic E-state index is 14.2. The highest BCUT2D eigenvalue weighted by molar-refractivity contribution is 8.38. The number of para-hydroxylation sites is 1. The molecule has 3 heterocycles. The van der Waals surface area contributed by atoms with Crippen molar-refractivity contribution in [3.63, 3.8) is 0 Å². The van der Waals surface area contributed by atoms with Crippen LogP contribution >= 0.6 is 0 Å². The number of aromatic nitrogens is 1. The van der Waals surface area contributed by atoms with E-state index in [9.17, 15) is 8.78 Å². The summed E-state index contributed by atoms with van der Waals surface area (Å²) in [7, 11) is 221. The first-order valence-electron chi connectivity index (χ1n) is 34.3. The van der Waals surface area contributed by atoms with E-state index in [-0.39, 0.29) is 30.3 Å². The number of halogens is 2. The summed E-state index contributed by atoms with van der Waals surface area (Å²) in [5, 5.41) is 1.23. The first-order chi connectivity index (χ1) is 48.2. The third-order valence-electron chi connectivity index (χ3n) is 21.5. The van der Waals surface area contributed by atoms with E-state index < -0.39 is 198 Å². The molecule has 1 aromatic heterocycles. The zero-order valence-electron chi connectivity index (χ0n) is 58.5. The minimum atomic E-state index is -1.60. The molecule has 0 fully saturated rings. The summed E-state index contributed by atoms with van der Waals surface area (Å²) in [5.74, 6) is 0.731. The van der Waals surface area contributed by atoms with Gasteiger partial charge in [-0.2, -0.15) is 0 Å². The van der Waals surface area contributed by atoms with Gasteiger partial charge in [-0.25, -0.2) is 8.78 Å². The number of hydrogen-bond donors (Lipinski definition) is 1. The number of rotatable bonds is 35. The van der Waals surface area contributed by atoms with Crippen molar-refractivity contribution in [2.24, 2.45) is 0 Å². The van der Waals surface area contributed by atoms with Crippen LogP contribution in [0.1, 0.15) is 45.6 Å². The molecular weight excluding hydrogens is 1190 g/mol. The molecule has 2 unspecified atom stereocenters. The lowest BCUT2D eigenvalue weighted by Gasteiger charge is -2.59. The Balaban J connectivity index is 0.000000358. The minimum Gasteiger partial charge on any atom is -0.493 e. The normalized spacial score (nSPS) is 13.0. The quantitative estimate of drug-likeness (QED) is 0.0411. The predicted molar refractivity (Wildman–Crippen MR) is 515 cm³/mol. The molecule has 2 aliphatic heterocycles. The van der Waals surface area contributed by atoms with Gasteiger partial charge in [-0.3, -0.25) is 4.90 Å². The number of aromatic amines is 1. The monoisotopic (exact) mass is 1230 g/mol. The van der Waals surface area contributed by atoms with Crippen LogP contribution in [-0.4, -0.2) is 477 Å². The van der Waals surface area contributed by atoms with Gasteiger partial charge in [0.05, 0.1) is 13.2 Å². The van der Waals surface area contributed by atoms with Crippen LogP contribution < -0.4 is 9.47 Å². The molecule has 2 atom stereocenters. The highest BCUT2D eigenvalue weighted by atomic mass is 19.1. The summed E-state index contributed by atoms with van der Waals surface area (Å²) in [6.07, 6.45) is -44.3. The summed E-state index contributed by atoms with van der Waals surface area (Å²) in [5.41, 5.74) is 7.58. The van der Waals surface area contributed by atoms with Crippen molar-refractivity contribution in [1.82, 2.24) is 9.88 Å². The van der Waals surface area contributed by atoms with Crippen LogP contribution in [0.15, 0.2) is 84.9 Å². The number of benzene rings is 4. The average Bonchev–Trinajstić information content (AvgIpc) is 1.69. The van der Waals surface area contributed by atoms with Crippen molar-refractivity contribution in [1.29, 1.82) is 0 Å². The third kappa shape index (κ3) is 21.9. The third-order valence-corrected chi connectivity index (χ3v) is 21.5. The SMILES string of the molecule is COc1cc2c(cc1OCc1ccccc1F)CCN1C2Cc2c([nH]c3ccccc23)C1c1ccc(F)cc1.[B]B([B])B([B])B(B([B])[B])B(B(B([B])[B])B([B])[B])B(B(B(B([B])[B])B([B])[B])B(B([B])[B])B([B])[B])B(B(B(B([B])[B])B([B])[B])B(B([B])[B])B([B])[B])B(B(B([B])[B])B([B])[B])B(B([B])[B])B([B])[B]. The Labute approximate surface area is 673 Å². The van der Waals surface area contributed by atoms with Gasteiger partial charge in [-0.15, -0.1) is 0 Å². The van der Waals surface area contributed by atoms with E-state index >= 15 is 0 Å². The number of nitrogens with zero attached hydrogens (tertiary/aromatic N) is 1. The minimum absolute atomic E-state index is 0.0251. The van der Waals surface area contributed by atoms with Gasteiger partial charge < -0.3 is 14.5 Å². The van der Waals surface area contributed by atoms with Gasteiger partial charge >= 0.3 is 0 Å². The van der Waals surface area contributed by atoms with E-state index in [1.807, 2.05) is 18.2 Å². The Morgan fingerprint density at radius 1 is 0.408 bits per heavy atom. The topological polar surface area (TPSA) is 37.5 Å². The maximum absolute atomic E-state index is 14.2. The number of fused-ring (bicyclic) bond motifs is 6. The van der Waals surface area contributed by atoms with Gasteiger partial charge in [0.15, 0.2) is 11.5 Å². The number of methoxy groups -OCH3 is 1. The van der Waals surface area contributed by atoms with Crippen molar-refractivity contribution in [3.05, 3.63) is 130 Å². The van der Waals surface area contributed by atoms with Gasteiger partial charge in [0.25, 0.3) is 0 Å². The second-order valence-electron chi connectivity index (χ2n) is 28.2. The lowest BCUT2D eigenvalue weighted by molar-refractivity contribution is 0.127. The number of H-pyrrole nitrogens is 1. The van der Waals surface area contributed by atoms with Crippen LogP contribution in [0.2, 0.25) is 0 Å². The van der Waals surface area contributed by atoms with Crippen LogP contribution in [0.4, 0.5) is 8.78 Å². The van der Waals surface area contributed by atoms with E-state index in [1.54, 1.807) is 37.4 Å². The fourth-order valence-electron chi connectivity index (χ4n) is 17.4. The molecule has 66 radical (unpaired) electrons. The Morgan fingerprint density at radius 3 is 1.14 bits per heavy atom. The first-order valence-corrected chi connectivity index (χ1v) is 34.3. The molecular formula is C33H28B64F2N2O2. The zero-order chi connectivity index (χ0) is 77.4. The molecule has 103 heavy (non-hydrogen) atoms. The van der Waals surface area contributed by atoms with Gasteiger partial charge in [0, 0.05) is 488 Å². The summed E-state index contributed by atoms with van der Waals surface area (Å²) < 4.78 is 39.9. The highest BCUT2D eigenvalue weighted by Crippen LogP contribution is 2.50. The molecule has 1 N–H and O–H groups in total. The molecule has 0 saturated carbocycles. The van der Waals surface area contributed by atoms with E-state index in [1.165, 1.54) is 33.8 Å². The van der Waals surface area contributed by atoms with Crippen LogP contribution in [-0.2, 0) is 19.4 Å². The van der Waals surface area contributed by atoms with E-state index in [2.05, 4.69) is 40.2 Å². The fourth-order valence-corrected chi connectivity index (χ4v) is 17.4. The number of hydrogen-bond acceptors (Lipinski definition) is 3. The van der Waals surface area contributed by atoms with Crippen molar-refractivity contribution in [3.8, 4) is 11.5 Å². The van der Waals surface area contributed by atoms with Gasteiger partial charge in [0.2, 0.25) is 0 Å². The molecule has 0 bridgehead atoms. The smallest absolute Gasteiger partial charge is 0.161 e. The molecule has 2 aliphatic rings. The first kappa shape index (κ1) is 91.9. The largest absolute Gasteiger partial charge is 0.493 e. The molecule has 70 heteroatoms. The van der Waals surface area contributed by atoms with Crippen LogP contribution in [0.5, 0.6) is 11.5 Å². The van der Waals surface area contributed by atoms with Crippen molar-refractivity contribution in [2.45, 2.75) is 31.5 Å². The van der Waals surface area contributed by atoms with Crippen LogP contribution in [0.25, 0.3) is 10.9 Å². The molecule has 0 spiro atoms. The Hall–Kier alpha value is -0.00416. The maximum Gasteiger partial charge on any atom is 0.161 e. The predicted octanol–water partition coefficient (Wildman–Crippen LogP) is -17.1. The fraction of sp³-hybridized carbons (Fsp3) is 0.212. The Bertz CT molecular complexity index is 3230. The van der Waals surface area contributed by atoms with Gasteiger partial charge in [-0.1, -0.05) is 48.5 Å². The highest BCUT2D eigenvalue weighted by Gasteiger charge is 2.63. The molecule has 0 saturated heterocycles. The molecule has 4 nitrogen and oxygen atoms in total. The molecule has 388 valence electrons. The van der Waals surface area contributed by atoms with Gasteiger partial charge in [-0.05, 0) is 71.5 Å². The average molecular weight is 1210 g/mol. The zero-order valence-corrected chi connectivity index (χ0v) is 58.5. The van der Waals surface area contributed by atoms with Crippen molar-refractivity contribution in [2.75, 3.05) is 13.7 Å². The molecule has 0 aliphatic carbocycles. The number of nitrogens with one attached hydrogen (secondary N) is 1. The summed E-state index contributed by atoms with van der Waals surface area (Å²) in [4.78, 5) is 6.21. The van der Waals surface area contributed by atoms with E-state index in [0.29, 0.717) is 17.1 Å². The molecule has 5 aromatic rings. The molecule has 4 aromatic carbocycles. The standard InChI is InChI=1S/C33H28F2N2O2.B64/c1-38-30-18-25-21(16-31(30)39-19-22-6-2-4-8-27(22)35)14-15-37-29(25)17-26-24-7-3-5-9-28(24)36-32(26)33(37)20-10-12-23(34)13-11-20;1-34(2)50(33)58(49(31)32)62(57(47(27)28)48(29)30)64(61(55(43(19)20)44(21)22)56(45(23)24)46(25)26)63(59(51(35(3)4)36(5)6)52(37(7)8)38(9)10)60(53(39(11)12)40(13)14)54(41(15)16)42(17)18/h2-13,16,18,29,33,36H,14-15,17,19H2,1H3;. The van der Waals surface area contributed by atoms with Crippen molar-refractivity contribution >= 4 is 464 Å². The van der Waals surface area contributed by atoms with Gasteiger partial charge in [0.1, 0.15) is 18.2 Å². The lowest BCUT2D eigenvalue weighted by atomic mass is 8.22. The summed E-state index contributed by atoms with van der Waals surface area (Å²) >= 11 is 0. The van der Waals surface area contributed by atoms with Crippen LogP contribution in [0.3, 0.4) is 0 Å². The summed E-state index contributed by atoms with van der Waals surface area (Å²) in [6.45, 7) is 0.969. The Kier molecular flexibility index (Phi) is 36.7. The second kappa shape index (κ2) is 41.2. The lowest BCUT2D eigenvalue weighted by Crippen LogP contribution is -2.97. The van der Waals surface area contributed by atoms with Crippen molar-refractivity contribution < 1.29 is 18.3 Å². The van der Waals surface area contributed by atoms with Crippen LogP contribution in [0, 0.1) is 11.6 Å².